The molecule has 0 heterocycles. The minimum atomic E-state index is -4.99. The van der Waals surface area contributed by atoms with E-state index in [1.54, 1.807) is 0 Å². The van der Waals surface area contributed by atoms with Crippen LogP contribution in [0.3, 0.4) is 0 Å². The summed E-state index contributed by atoms with van der Waals surface area (Å²) in [4.78, 5) is 72.9. The highest BCUT2D eigenvalue weighted by Gasteiger charge is 2.30. The Morgan fingerprint density at radius 3 is 0.863 bits per heavy atom. The second-order valence-electron chi connectivity index (χ2n) is 26.3. The molecule has 19 heteroatoms. The molecular formula is C83H142O17P2. The van der Waals surface area contributed by atoms with Crippen molar-refractivity contribution in [3.05, 3.63) is 122 Å². The third kappa shape index (κ3) is 73.8. The van der Waals surface area contributed by atoms with Crippen LogP contribution in [0.2, 0.25) is 0 Å². The minimum Gasteiger partial charge on any atom is -0.462 e. The molecule has 586 valence electrons. The predicted octanol–water partition coefficient (Wildman–Crippen LogP) is 23.1. The number of carbonyl (C=O) groups excluding carboxylic acids is 4. The molecular weight excluding hydrogens is 1330 g/mol. The topological polar surface area (TPSA) is 237 Å². The molecule has 0 aromatic carbocycles. The van der Waals surface area contributed by atoms with Crippen molar-refractivity contribution in [1.82, 2.24) is 0 Å². The Morgan fingerprint density at radius 2 is 0.539 bits per heavy atom. The van der Waals surface area contributed by atoms with Gasteiger partial charge in [-0.1, -0.05) is 271 Å². The third-order valence-electron chi connectivity index (χ3n) is 16.4. The number of phosphoric acid groups is 2. The van der Waals surface area contributed by atoms with Gasteiger partial charge in [0.15, 0.2) is 12.2 Å². The van der Waals surface area contributed by atoms with Gasteiger partial charge in [-0.3, -0.25) is 37.3 Å². The Bertz CT molecular complexity index is 2410. The molecule has 0 aliphatic carbocycles. The molecule has 0 saturated heterocycles. The summed E-state index contributed by atoms with van der Waals surface area (Å²) in [5, 5.41) is 10.6. The lowest BCUT2D eigenvalue weighted by Crippen LogP contribution is -2.30. The van der Waals surface area contributed by atoms with Gasteiger partial charge in [-0.2, -0.15) is 0 Å². The number of esters is 4. The lowest BCUT2D eigenvalue weighted by Gasteiger charge is -2.21. The van der Waals surface area contributed by atoms with Crippen molar-refractivity contribution in [1.29, 1.82) is 0 Å². The fourth-order valence-electron chi connectivity index (χ4n) is 10.3. The Balaban J connectivity index is 5.37. The molecule has 5 atom stereocenters. The van der Waals surface area contributed by atoms with Gasteiger partial charge in [-0.05, 0) is 148 Å². The van der Waals surface area contributed by atoms with Gasteiger partial charge in [0.05, 0.1) is 26.4 Å². The summed E-state index contributed by atoms with van der Waals surface area (Å²) in [6, 6.07) is 0. The number of carbonyl (C=O) groups is 4. The van der Waals surface area contributed by atoms with E-state index in [1.807, 2.05) is 0 Å². The zero-order valence-electron chi connectivity index (χ0n) is 64.0. The molecule has 0 rings (SSSR count). The lowest BCUT2D eigenvalue weighted by atomic mass is 10.1. The molecule has 0 amide bonds. The first-order valence-corrected chi connectivity index (χ1v) is 42.8. The van der Waals surface area contributed by atoms with Crippen LogP contribution in [0, 0.1) is 0 Å². The first-order valence-electron chi connectivity index (χ1n) is 39.8. The first-order chi connectivity index (χ1) is 49.7. The van der Waals surface area contributed by atoms with E-state index in [0.29, 0.717) is 25.7 Å². The van der Waals surface area contributed by atoms with E-state index in [1.165, 1.54) is 32.1 Å². The molecule has 0 aliphatic heterocycles. The van der Waals surface area contributed by atoms with Gasteiger partial charge in [0.2, 0.25) is 0 Å². The summed E-state index contributed by atoms with van der Waals surface area (Å²) in [6.07, 6.45) is 81.8. The fraction of sp³-hybridized carbons (Fsp3) is 0.711. The van der Waals surface area contributed by atoms with Crippen LogP contribution in [0.15, 0.2) is 122 Å². The highest BCUT2D eigenvalue weighted by Crippen LogP contribution is 2.45. The maximum atomic E-state index is 13.1. The average molecular weight is 1470 g/mol. The monoisotopic (exact) mass is 1470 g/mol. The van der Waals surface area contributed by atoms with Gasteiger partial charge < -0.3 is 33.8 Å². The lowest BCUT2D eigenvalue weighted by molar-refractivity contribution is -0.161. The average Bonchev–Trinajstić information content (AvgIpc) is 0.940. The van der Waals surface area contributed by atoms with Crippen LogP contribution in [-0.4, -0.2) is 96.7 Å². The van der Waals surface area contributed by atoms with Gasteiger partial charge in [-0.15, -0.1) is 0 Å². The molecule has 0 saturated carbocycles. The second kappa shape index (κ2) is 74.7. The van der Waals surface area contributed by atoms with E-state index < -0.39 is 97.5 Å². The molecule has 0 bridgehead atoms. The summed E-state index contributed by atoms with van der Waals surface area (Å²) in [5.74, 6) is -2.22. The van der Waals surface area contributed by atoms with Crippen molar-refractivity contribution in [3.63, 3.8) is 0 Å². The van der Waals surface area contributed by atoms with Crippen LogP contribution in [0.25, 0.3) is 0 Å². The molecule has 5 unspecified atom stereocenters. The standard InChI is InChI=1S/C83H142O17P2/c1-5-9-13-17-21-25-29-32-34-36-38-40-42-45-49-52-56-60-64-68-81(86)94-74-79(100-83(88)70-66-62-58-54-50-46-43-41-39-37-35-33-30-26-22-18-14-10-6-2)76-98-102(91,92)96-72-77(84)71-95-101(89,90)97-75-78(99-82(87)69-65-61-57-53-47-28-24-20-16-12-8-4)73-93-80(85)67-63-59-55-51-48-44-31-27-23-19-15-11-7-3/h9,13,15,19-22,24-27,31-35,38-41,77-79,84H,5-8,10-12,14,16-18,23,28-30,36-37,42-76H2,1-4H3,(H,89,90)(H,91,92)/b13-9-,19-15-,24-20-,25-21-,26-22-,31-27-,34-32-,35-33-,40-38-,41-39-. The van der Waals surface area contributed by atoms with Crippen molar-refractivity contribution in [2.24, 2.45) is 0 Å². The first kappa shape index (κ1) is 97.5. The largest absolute Gasteiger partial charge is 0.472 e. The van der Waals surface area contributed by atoms with E-state index >= 15 is 0 Å². The summed E-state index contributed by atoms with van der Waals surface area (Å²) in [5.41, 5.74) is 0. The quantitative estimate of drug-likeness (QED) is 0.0169. The summed E-state index contributed by atoms with van der Waals surface area (Å²) in [7, 11) is -9.97. The van der Waals surface area contributed by atoms with Crippen LogP contribution in [0.5, 0.6) is 0 Å². The SMILES string of the molecule is CC/C=C\C/C=C\C/C=C\C/C=C\CCCCCCCCC(=O)OCC(COP(=O)(O)OCC(O)COP(=O)(O)OCC(COC(=O)CCCCCCC/C=C\C/C=C\CCC)OC(=O)CCCCCCC/C=C\CCCC)OC(=O)CCCCCCCC/C=C\C/C=C\C/C=C\CCCCC. The van der Waals surface area contributed by atoms with Gasteiger partial charge in [0, 0.05) is 25.7 Å². The molecule has 0 fully saturated rings. The van der Waals surface area contributed by atoms with E-state index in [-0.39, 0.29) is 25.7 Å². The van der Waals surface area contributed by atoms with Gasteiger partial charge in [-0.25, -0.2) is 9.13 Å². The normalized spacial score (nSPS) is 14.5. The predicted molar refractivity (Wildman–Crippen MR) is 418 cm³/mol. The maximum absolute atomic E-state index is 13.1. The summed E-state index contributed by atoms with van der Waals surface area (Å²) >= 11 is 0. The number of allylic oxidation sites excluding steroid dienone is 20. The fourth-order valence-corrected chi connectivity index (χ4v) is 11.9. The molecule has 0 aromatic heterocycles. The van der Waals surface area contributed by atoms with Crippen molar-refractivity contribution < 1.29 is 80.2 Å². The van der Waals surface area contributed by atoms with Crippen molar-refractivity contribution in [3.8, 4) is 0 Å². The van der Waals surface area contributed by atoms with E-state index in [0.717, 1.165) is 212 Å². The summed E-state index contributed by atoms with van der Waals surface area (Å²) < 4.78 is 68.5. The Kier molecular flexibility index (Phi) is 71.4. The van der Waals surface area contributed by atoms with Crippen molar-refractivity contribution in [2.45, 2.75) is 341 Å². The van der Waals surface area contributed by atoms with Gasteiger partial charge in [0.1, 0.15) is 19.3 Å². The number of unbranched alkanes of at least 4 members (excludes halogenated alkanes) is 28. The molecule has 17 nitrogen and oxygen atoms in total. The van der Waals surface area contributed by atoms with Crippen LogP contribution < -0.4 is 0 Å². The Labute approximate surface area is 619 Å². The molecule has 0 aromatic rings. The summed E-state index contributed by atoms with van der Waals surface area (Å²) in [6.45, 7) is 4.59. The number of ether oxygens (including phenoxy) is 4. The zero-order chi connectivity index (χ0) is 74.6. The zero-order valence-corrected chi connectivity index (χ0v) is 65.8. The molecule has 0 aliphatic rings. The highest BCUT2D eigenvalue weighted by atomic mass is 31.2. The Hall–Kier alpha value is -4.54. The number of phosphoric ester groups is 2. The van der Waals surface area contributed by atoms with Crippen LogP contribution in [0.4, 0.5) is 0 Å². The second-order valence-corrected chi connectivity index (χ2v) is 29.2. The molecule has 0 spiro atoms. The smallest absolute Gasteiger partial charge is 0.462 e. The van der Waals surface area contributed by atoms with E-state index in [4.69, 9.17) is 37.0 Å². The Morgan fingerprint density at radius 1 is 0.284 bits per heavy atom. The van der Waals surface area contributed by atoms with E-state index in [9.17, 15) is 43.2 Å². The van der Waals surface area contributed by atoms with Crippen molar-refractivity contribution in [2.75, 3.05) is 39.6 Å². The van der Waals surface area contributed by atoms with Gasteiger partial charge in [0.25, 0.3) is 0 Å². The van der Waals surface area contributed by atoms with Crippen LogP contribution in [0.1, 0.15) is 323 Å². The molecule has 3 N–H and O–H groups in total. The third-order valence-corrected chi connectivity index (χ3v) is 18.3. The number of hydrogen-bond donors (Lipinski definition) is 3. The van der Waals surface area contributed by atoms with E-state index in [2.05, 4.69) is 149 Å². The molecule has 102 heavy (non-hydrogen) atoms. The minimum absolute atomic E-state index is 0.0745. The number of aliphatic hydroxyl groups is 1. The molecule has 0 radical (unpaired) electrons. The maximum Gasteiger partial charge on any atom is 0.472 e. The van der Waals surface area contributed by atoms with Gasteiger partial charge >= 0.3 is 39.5 Å². The van der Waals surface area contributed by atoms with Crippen molar-refractivity contribution >= 4 is 39.5 Å². The van der Waals surface area contributed by atoms with Crippen LogP contribution >= 0.6 is 15.6 Å². The number of hydrogen-bond acceptors (Lipinski definition) is 15. The number of aliphatic hydroxyl groups excluding tert-OH is 1. The van der Waals surface area contributed by atoms with Crippen LogP contribution in [-0.2, 0) is 65.4 Å². The highest BCUT2D eigenvalue weighted by molar-refractivity contribution is 7.47. The number of rotatable bonds is 74.